The van der Waals surface area contributed by atoms with Crippen molar-refractivity contribution in [1.29, 1.82) is 0 Å². The molecule has 2 aromatic carbocycles. The molecule has 1 fully saturated rings. The van der Waals surface area contributed by atoms with Crippen LogP contribution in [0.1, 0.15) is 6.42 Å². The number of halogens is 3. The third-order valence-electron chi connectivity index (χ3n) is 3.83. The summed E-state index contributed by atoms with van der Waals surface area (Å²) in [4.78, 5) is 25.7. The highest BCUT2D eigenvalue weighted by atomic mass is 35.5. The molecule has 4 nitrogen and oxygen atoms in total. The van der Waals surface area contributed by atoms with Gasteiger partial charge in [0.2, 0.25) is 11.8 Å². The van der Waals surface area contributed by atoms with E-state index in [1.807, 2.05) is 0 Å². The fraction of sp³-hybridized carbons (Fsp3) is 0.176. The lowest BCUT2D eigenvalue weighted by Crippen LogP contribution is -2.28. The van der Waals surface area contributed by atoms with Gasteiger partial charge in [-0.05, 0) is 30.3 Å². The number of hydrogen-bond acceptors (Lipinski definition) is 2. The summed E-state index contributed by atoms with van der Waals surface area (Å²) in [6.07, 6.45) is -0.0188. The molecule has 0 unspecified atom stereocenters. The van der Waals surface area contributed by atoms with Crippen LogP contribution in [0.5, 0.6) is 0 Å². The van der Waals surface area contributed by atoms with E-state index in [-0.39, 0.29) is 29.6 Å². The summed E-state index contributed by atoms with van der Waals surface area (Å²) in [7, 11) is 0. The van der Waals surface area contributed by atoms with Crippen LogP contribution in [-0.4, -0.2) is 18.4 Å². The van der Waals surface area contributed by atoms with E-state index in [0.717, 1.165) is 6.07 Å². The Morgan fingerprint density at radius 3 is 2.62 bits per heavy atom. The van der Waals surface area contributed by atoms with Gasteiger partial charge < -0.3 is 10.2 Å². The average molecular weight is 351 g/mol. The maximum Gasteiger partial charge on any atom is 0.229 e. The maximum absolute atomic E-state index is 13.8. The quantitative estimate of drug-likeness (QED) is 0.919. The molecule has 1 aliphatic rings. The Balaban J connectivity index is 1.72. The second-order valence-electron chi connectivity index (χ2n) is 5.47. The van der Waals surface area contributed by atoms with Crippen LogP contribution in [0.2, 0.25) is 5.02 Å². The molecule has 1 aliphatic heterocycles. The summed E-state index contributed by atoms with van der Waals surface area (Å²) in [6, 6.07) is 9.72. The number of carbonyl (C=O) groups is 2. The number of rotatable bonds is 3. The van der Waals surface area contributed by atoms with Crippen LogP contribution in [-0.2, 0) is 9.59 Å². The first-order valence-corrected chi connectivity index (χ1v) is 7.64. The lowest BCUT2D eigenvalue weighted by molar-refractivity contribution is -0.122. The Hall–Kier alpha value is -2.47. The van der Waals surface area contributed by atoms with Gasteiger partial charge in [0, 0.05) is 18.7 Å². The molecule has 1 N–H and O–H groups in total. The van der Waals surface area contributed by atoms with Crippen LogP contribution in [0, 0.1) is 17.6 Å². The van der Waals surface area contributed by atoms with Crippen LogP contribution >= 0.6 is 11.6 Å². The Bertz CT molecular complexity index is 813. The van der Waals surface area contributed by atoms with Gasteiger partial charge in [0.15, 0.2) is 0 Å². The van der Waals surface area contributed by atoms with Crippen molar-refractivity contribution in [1.82, 2.24) is 0 Å². The average Bonchev–Trinajstić information content (AvgIpc) is 2.93. The fourth-order valence-electron chi connectivity index (χ4n) is 2.60. The van der Waals surface area contributed by atoms with Gasteiger partial charge in [0.05, 0.1) is 16.6 Å². The molecule has 124 valence electrons. The minimum absolute atomic E-state index is 0.0188. The number of anilines is 2. The lowest BCUT2D eigenvalue weighted by Gasteiger charge is -2.17. The Labute approximate surface area is 142 Å². The highest BCUT2D eigenvalue weighted by Crippen LogP contribution is 2.28. The van der Waals surface area contributed by atoms with Crippen molar-refractivity contribution in [3.63, 3.8) is 0 Å². The van der Waals surface area contributed by atoms with Gasteiger partial charge in [-0.25, -0.2) is 8.78 Å². The summed E-state index contributed by atoms with van der Waals surface area (Å²) in [5.41, 5.74) is 0.491. The predicted molar refractivity (Wildman–Crippen MR) is 86.9 cm³/mol. The van der Waals surface area contributed by atoms with Gasteiger partial charge >= 0.3 is 0 Å². The molecule has 1 heterocycles. The van der Waals surface area contributed by atoms with Gasteiger partial charge in [-0.2, -0.15) is 0 Å². The molecule has 3 rings (SSSR count). The predicted octanol–water partition coefficient (Wildman–Crippen LogP) is 3.61. The van der Waals surface area contributed by atoms with Gasteiger partial charge in [0.25, 0.3) is 0 Å². The number of benzene rings is 2. The first kappa shape index (κ1) is 16.4. The van der Waals surface area contributed by atoms with Crippen molar-refractivity contribution in [2.24, 2.45) is 5.92 Å². The zero-order chi connectivity index (χ0) is 17.3. The SMILES string of the molecule is O=C(Nc1ccc(F)c(Cl)c1)[C@H]1CC(=O)N(c2ccccc2F)C1. The molecular weight excluding hydrogens is 338 g/mol. The van der Waals surface area contributed by atoms with E-state index in [1.165, 1.54) is 35.2 Å². The van der Waals surface area contributed by atoms with Crippen LogP contribution in [0.25, 0.3) is 0 Å². The van der Waals surface area contributed by atoms with E-state index in [9.17, 15) is 18.4 Å². The lowest BCUT2D eigenvalue weighted by atomic mass is 10.1. The van der Waals surface area contributed by atoms with Gasteiger partial charge in [-0.15, -0.1) is 0 Å². The largest absolute Gasteiger partial charge is 0.326 e. The number of para-hydroxylation sites is 1. The summed E-state index contributed by atoms with van der Waals surface area (Å²) >= 11 is 5.67. The topological polar surface area (TPSA) is 49.4 Å². The molecule has 0 aromatic heterocycles. The van der Waals surface area contributed by atoms with E-state index < -0.39 is 23.5 Å². The minimum Gasteiger partial charge on any atom is -0.326 e. The zero-order valence-corrected chi connectivity index (χ0v) is 13.2. The van der Waals surface area contributed by atoms with E-state index in [2.05, 4.69) is 5.32 Å². The molecule has 24 heavy (non-hydrogen) atoms. The Morgan fingerprint density at radius 2 is 1.92 bits per heavy atom. The first-order chi connectivity index (χ1) is 11.5. The van der Waals surface area contributed by atoms with E-state index in [0.29, 0.717) is 5.69 Å². The van der Waals surface area contributed by atoms with Crippen molar-refractivity contribution in [3.05, 3.63) is 59.1 Å². The molecule has 0 saturated carbocycles. The highest BCUT2D eigenvalue weighted by molar-refractivity contribution is 6.31. The molecule has 2 aromatic rings. The number of nitrogens with one attached hydrogen (secondary N) is 1. The normalized spacial score (nSPS) is 17.2. The molecule has 0 radical (unpaired) electrons. The summed E-state index contributed by atoms with van der Waals surface area (Å²) in [5, 5.41) is 2.49. The molecular formula is C17H13ClF2N2O2. The van der Waals surface area contributed by atoms with Crippen molar-refractivity contribution < 1.29 is 18.4 Å². The number of carbonyl (C=O) groups excluding carboxylic acids is 2. The van der Waals surface area contributed by atoms with Crippen molar-refractivity contribution in [2.45, 2.75) is 6.42 Å². The summed E-state index contributed by atoms with van der Waals surface area (Å²) in [5.74, 6) is -2.45. The smallest absolute Gasteiger partial charge is 0.229 e. The van der Waals surface area contributed by atoms with Crippen LogP contribution in [0.3, 0.4) is 0 Å². The molecule has 1 saturated heterocycles. The second-order valence-corrected chi connectivity index (χ2v) is 5.88. The molecule has 7 heteroatoms. The number of hydrogen-bond donors (Lipinski definition) is 1. The Kier molecular flexibility index (Phi) is 4.49. The van der Waals surface area contributed by atoms with Crippen LogP contribution < -0.4 is 10.2 Å². The molecule has 0 aliphatic carbocycles. The van der Waals surface area contributed by atoms with E-state index in [1.54, 1.807) is 6.07 Å². The fourth-order valence-corrected chi connectivity index (χ4v) is 2.79. The van der Waals surface area contributed by atoms with Crippen LogP contribution in [0.15, 0.2) is 42.5 Å². The molecule has 0 spiro atoms. The van der Waals surface area contributed by atoms with Crippen molar-refractivity contribution >= 4 is 34.8 Å². The maximum atomic E-state index is 13.8. The Morgan fingerprint density at radius 1 is 1.17 bits per heavy atom. The summed E-state index contributed by atoms with van der Waals surface area (Å²) < 4.78 is 27.0. The van der Waals surface area contributed by atoms with Crippen molar-refractivity contribution in [3.8, 4) is 0 Å². The number of amides is 2. The van der Waals surface area contributed by atoms with Crippen LogP contribution in [0.4, 0.5) is 20.2 Å². The zero-order valence-electron chi connectivity index (χ0n) is 12.4. The highest BCUT2D eigenvalue weighted by Gasteiger charge is 2.36. The second kappa shape index (κ2) is 6.57. The minimum atomic E-state index is -0.624. The van der Waals surface area contributed by atoms with E-state index in [4.69, 9.17) is 11.6 Å². The van der Waals surface area contributed by atoms with Gasteiger partial charge in [0.1, 0.15) is 11.6 Å². The van der Waals surface area contributed by atoms with Crippen molar-refractivity contribution in [2.75, 3.05) is 16.8 Å². The van der Waals surface area contributed by atoms with E-state index >= 15 is 0 Å². The standard InChI is InChI=1S/C17H13ClF2N2O2/c18-12-8-11(5-6-13(12)19)21-17(24)10-7-16(23)22(9-10)15-4-2-1-3-14(15)20/h1-6,8,10H,7,9H2,(H,21,24)/t10-/m0/s1. The molecule has 2 amide bonds. The number of nitrogens with zero attached hydrogens (tertiary/aromatic N) is 1. The third kappa shape index (κ3) is 3.23. The third-order valence-corrected chi connectivity index (χ3v) is 4.12. The van der Waals surface area contributed by atoms with Gasteiger partial charge in [-0.1, -0.05) is 23.7 Å². The van der Waals surface area contributed by atoms with Gasteiger partial charge in [-0.3, -0.25) is 9.59 Å². The summed E-state index contributed by atoms with van der Waals surface area (Å²) in [6.45, 7) is 0.0839. The first-order valence-electron chi connectivity index (χ1n) is 7.26. The molecule has 1 atom stereocenters. The monoisotopic (exact) mass is 350 g/mol. The molecule has 0 bridgehead atoms.